The number of hydrogen-bond acceptors (Lipinski definition) is 5. The smallest absolute Gasteiger partial charge is 0.257 e. The lowest BCUT2D eigenvalue weighted by atomic mass is 10.2. The van der Waals surface area contributed by atoms with Gasteiger partial charge >= 0.3 is 0 Å². The monoisotopic (exact) mass is 361 g/mol. The van der Waals surface area contributed by atoms with Crippen LogP contribution in [0.2, 0.25) is 5.02 Å². The highest BCUT2D eigenvalue weighted by Gasteiger charge is 2.29. The Morgan fingerprint density at radius 2 is 2.13 bits per heavy atom. The number of carbonyl (C=O) groups excluding carboxylic acids is 1. The molecule has 0 aromatic heterocycles. The van der Waals surface area contributed by atoms with Crippen LogP contribution in [0.15, 0.2) is 17.0 Å². The molecule has 2 N–H and O–H groups in total. The molecule has 0 saturated carbocycles. The zero-order chi connectivity index (χ0) is 17.2. The minimum Gasteiger partial charge on any atom is -0.494 e. The van der Waals surface area contributed by atoms with Gasteiger partial charge in [0.25, 0.3) is 5.91 Å². The molecule has 0 aliphatic carbocycles. The number of nitrogens with zero attached hydrogens (tertiary/aromatic N) is 1. The maximum atomic E-state index is 12.7. The van der Waals surface area contributed by atoms with Gasteiger partial charge in [-0.05, 0) is 25.1 Å². The van der Waals surface area contributed by atoms with Crippen molar-refractivity contribution in [1.82, 2.24) is 14.9 Å². The first kappa shape index (κ1) is 18.0. The Hall–Kier alpha value is -1.35. The van der Waals surface area contributed by atoms with Crippen molar-refractivity contribution >= 4 is 27.5 Å². The first-order valence-corrected chi connectivity index (χ1v) is 8.94. The molecular weight excluding hydrogens is 342 g/mol. The topological polar surface area (TPSA) is 87.7 Å². The third-order valence-corrected chi connectivity index (χ3v) is 5.28. The zero-order valence-electron chi connectivity index (χ0n) is 13.2. The molecule has 1 saturated heterocycles. The fraction of sp³-hybridized carbons (Fsp3) is 0.500. The summed E-state index contributed by atoms with van der Waals surface area (Å²) in [6.45, 7) is 1.32. The van der Waals surface area contributed by atoms with Crippen LogP contribution in [-0.2, 0) is 10.0 Å². The van der Waals surface area contributed by atoms with Gasteiger partial charge in [-0.3, -0.25) is 4.79 Å². The van der Waals surface area contributed by atoms with E-state index in [1.165, 1.54) is 24.1 Å². The molecule has 1 heterocycles. The molecule has 0 radical (unpaired) electrons. The third-order valence-electron chi connectivity index (χ3n) is 3.53. The molecule has 128 valence electrons. The van der Waals surface area contributed by atoms with Crippen LogP contribution >= 0.6 is 11.6 Å². The number of nitrogens with one attached hydrogen (secondary N) is 2. The highest BCUT2D eigenvalue weighted by Crippen LogP contribution is 2.32. The average molecular weight is 362 g/mol. The number of amides is 1. The molecule has 2 rings (SSSR count). The molecule has 1 aliphatic heterocycles. The molecule has 1 fully saturated rings. The van der Waals surface area contributed by atoms with Crippen LogP contribution in [0.1, 0.15) is 16.8 Å². The van der Waals surface area contributed by atoms with Crippen LogP contribution in [-0.4, -0.2) is 59.6 Å². The summed E-state index contributed by atoms with van der Waals surface area (Å²) in [5.74, 6) is -0.394. The van der Waals surface area contributed by atoms with Crippen LogP contribution < -0.4 is 14.8 Å². The zero-order valence-corrected chi connectivity index (χ0v) is 14.8. The summed E-state index contributed by atoms with van der Waals surface area (Å²) >= 11 is 6.02. The maximum absolute atomic E-state index is 12.7. The van der Waals surface area contributed by atoms with E-state index >= 15 is 0 Å². The quantitative estimate of drug-likeness (QED) is 0.805. The Labute approximate surface area is 141 Å². The highest BCUT2D eigenvalue weighted by molar-refractivity contribution is 7.89. The van der Waals surface area contributed by atoms with Crippen LogP contribution in [0.5, 0.6) is 5.75 Å². The van der Waals surface area contributed by atoms with Crippen LogP contribution in [0.3, 0.4) is 0 Å². The average Bonchev–Trinajstić information content (AvgIpc) is 2.97. The second-order valence-electron chi connectivity index (χ2n) is 5.50. The molecule has 0 spiro atoms. The summed E-state index contributed by atoms with van der Waals surface area (Å²) in [6.07, 6.45) is 0.700. The molecular formula is C14H20ClN3O4S. The van der Waals surface area contributed by atoms with Gasteiger partial charge < -0.3 is 15.0 Å². The molecule has 7 nitrogen and oxygen atoms in total. The number of ether oxygens (including phenoxy) is 1. The largest absolute Gasteiger partial charge is 0.494 e. The van der Waals surface area contributed by atoms with Gasteiger partial charge in [0.05, 0.1) is 12.7 Å². The predicted octanol–water partition coefficient (Wildman–Crippen LogP) is 0.691. The summed E-state index contributed by atoms with van der Waals surface area (Å²) < 4.78 is 33.2. The van der Waals surface area contributed by atoms with Gasteiger partial charge in [-0.1, -0.05) is 11.6 Å². The van der Waals surface area contributed by atoms with E-state index in [9.17, 15) is 13.2 Å². The van der Waals surface area contributed by atoms with Crippen LogP contribution in [0.25, 0.3) is 0 Å². The fourth-order valence-electron chi connectivity index (χ4n) is 2.42. The van der Waals surface area contributed by atoms with Gasteiger partial charge in [0.15, 0.2) is 5.75 Å². The van der Waals surface area contributed by atoms with Crippen molar-refractivity contribution in [1.29, 1.82) is 0 Å². The number of benzene rings is 1. The Morgan fingerprint density at radius 3 is 2.65 bits per heavy atom. The van der Waals surface area contributed by atoms with Gasteiger partial charge in [0, 0.05) is 31.7 Å². The first-order chi connectivity index (χ1) is 10.8. The SMILES string of the molecule is COc1c(C(=O)N(C)C)cc(Cl)cc1S(=O)(=O)NC1CCNC1. The van der Waals surface area contributed by atoms with E-state index in [2.05, 4.69) is 10.0 Å². The number of rotatable bonds is 5. The summed E-state index contributed by atoms with van der Waals surface area (Å²) in [7, 11) is 0.602. The maximum Gasteiger partial charge on any atom is 0.257 e. The Morgan fingerprint density at radius 1 is 1.43 bits per heavy atom. The molecule has 1 aliphatic rings. The number of halogens is 1. The van der Waals surface area contributed by atoms with E-state index < -0.39 is 10.0 Å². The highest BCUT2D eigenvalue weighted by atomic mass is 35.5. The van der Waals surface area contributed by atoms with E-state index in [1.807, 2.05) is 0 Å². The van der Waals surface area contributed by atoms with Crippen molar-refractivity contribution in [2.75, 3.05) is 34.3 Å². The van der Waals surface area contributed by atoms with Crippen LogP contribution in [0.4, 0.5) is 0 Å². The lowest BCUT2D eigenvalue weighted by Crippen LogP contribution is -2.36. The summed E-state index contributed by atoms with van der Waals surface area (Å²) in [4.78, 5) is 13.5. The lowest BCUT2D eigenvalue weighted by molar-refractivity contribution is 0.0824. The normalized spacial score (nSPS) is 18.0. The minimum absolute atomic E-state index is 0.00782. The van der Waals surface area contributed by atoms with E-state index in [4.69, 9.17) is 16.3 Å². The second-order valence-corrected chi connectivity index (χ2v) is 7.61. The molecule has 9 heteroatoms. The predicted molar refractivity (Wildman–Crippen MR) is 87.6 cm³/mol. The van der Waals surface area contributed by atoms with E-state index in [-0.39, 0.29) is 33.2 Å². The second kappa shape index (κ2) is 7.04. The molecule has 0 bridgehead atoms. The Bertz CT molecular complexity index is 700. The van der Waals surface area contributed by atoms with Gasteiger partial charge in [0.1, 0.15) is 4.90 Å². The van der Waals surface area contributed by atoms with E-state index in [0.29, 0.717) is 13.0 Å². The summed E-state index contributed by atoms with van der Waals surface area (Å²) in [5.41, 5.74) is 0.106. The molecule has 1 unspecified atom stereocenters. The molecule has 1 atom stereocenters. The molecule has 23 heavy (non-hydrogen) atoms. The number of sulfonamides is 1. The summed E-state index contributed by atoms with van der Waals surface area (Å²) in [6, 6.07) is 2.49. The van der Waals surface area contributed by atoms with Crippen molar-refractivity contribution < 1.29 is 17.9 Å². The number of methoxy groups -OCH3 is 1. The van der Waals surface area contributed by atoms with Crippen molar-refractivity contribution in [3.8, 4) is 5.75 Å². The van der Waals surface area contributed by atoms with Gasteiger partial charge in [-0.25, -0.2) is 13.1 Å². The van der Waals surface area contributed by atoms with Gasteiger partial charge in [-0.15, -0.1) is 0 Å². The standard InChI is InChI=1S/C14H20ClN3O4S/c1-18(2)14(19)11-6-9(15)7-12(13(11)22-3)23(20,21)17-10-4-5-16-8-10/h6-7,10,16-17H,4-5,8H2,1-3H3. The minimum atomic E-state index is -3.86. The van der Waals surface area contributed by atoms with Crippen LogP contribution in [0, 0.1) is 0 Å². The van der Waals surface area contributed by atoms with Gasteiger partial charge in [-0.2, -0.15) is 0 Å². The lowest BCUT2D eigenvalue weighted by Gasteiger charge is -2.18. The number of carbonyl (C=O) groups is 1. The fourth-order valence-corrected chi connectivity index (χ4v) is 4.19. The van der Waals surface area contributed by atoms with Crippen molar-refractivity contribution in [2.45, 2.75) is 17.4 Å². The van der Waals surface area contributed by atoms with Crippen molar-refractivity contribution in [3.05, 3.63) is 22.7 Å². The third kappa shape index (κ3) is 3.95. The molecule has 1 aromatic carbocycles. The van der Waals surface area contributed by atoms with E-state index in [0.717, 1.165) is 6.54 Å². The number of hydrogen-bond donors (Lipinski definition) is 2. The first-order valence-electron chi connectivity index (χ1n) is 7.08. The Balaban J connectivity index is 2.50. The van der Waals surface area contributed by atoms with Gasteiger partial charge in [0.2, 0.25) is 10.0 Å². The van der Waals surface area contributed by atoms with E-state index in [1.54, 1.807) is 14.1 Å². The van der Waals surface area contributed by atoms with Crippen molar-refractivity contribution in [3.63, 3.8) is 0 Å². The Kier molecular flexibility index (Phi) is 5.51. The summed E-state index contributed by atoms with van der Waals surface area (Å²) in [5, 5.41) is 3.24. The molecule has 1 aromatic rings. The van der Waals surface area contributed by atoms with Crippen molar-refractivity contribution in [2.24, 2.45) is 0 Å². The molecule has 1 amide bonds.